The van der Waals surface area contributed by atoms with E-state index in [0.29, 0.717) is 13.0 Å². The van der Waals surface area contributed by atoms with E-state index >= 15 is 0 Å². The van der Waals surface area contributed by atoms with Crippen molar-refractivity contribution in [3.05, 3.63) is 35.9 Å². The molecule has 124 valence electrons. The zero-order chi connectivity index (χ0) is 16.4. The SMILES string of the molecule is CC(C)OCCCCCC(=O)C(C)(C)OCc1ccccc1. The van der Waals surface area contributed by atoms with Gasteiger partial charge in [-0.25, -0.2) is 0 Å². The number of benzene rings is 1. The minimum atomic E-state index is -0.718. The van der Waals surface area contributed by atoms with Crippen LogP contribution in [0, 0.1) is 0 Å². The first kappa shape index (κ1) is 18.9. The van der Waals surface area contributed by atoms with Crippen molar-refractivity contribution in [3.8, 4) is 0 Å². The van der Waals surface area contributed by atoms with Crippen LogP contribution in [0.15, 0.2) is 30.3 Å². The highest BCUT2D eigenvalue weighted by molar-refractivity contribution is 5.86. The van der Waals surface area contributed by atoms with Crippen LogP contribution in [0.25, 0.3) is 0 Å². The van der Waals surface area contributed by atoms with Gasteiger partial charge < -0.3 is 9.47 Å². The van der Waals surface area contributed by atoms with E-state index in [9.17, 15) is 4.79 Å². The van der Waals surface area contributed by atoms with E-state index in [2.05, 4.69) is 0 Å². The number of ether oxygens (including phenoxy) is 2. The lowest BCUT2D eigenvalue weighted by Gasteiger charge is -2.24. The summed E-state index contributed by atoms with van der Waals surface area (Å²) < 4.78 is 11.3. The van der Waals surface area contributed by atoms with Gasteiger partial charge in [0, 0.05) is 13.0 Å². The second-order valence-electron chi connectivity index (χ2n) is 6.44. The van der Waals surface area contributed by atoms with Gasteiger partial charge in [0.2, 0.25) is 0 Å². The maximum absolute atomic E-state index is 12.3. The van der Waals surface area contributed by atoms with Crippen molar-refractivity contribution < 1.29 is 14.3 Å². The summed E-state index contributed by atoms with van der Waals surface area (Å²) in [5.41, 5.74) is 0.374. The number of ketones is 1. The number of Topliss-reactive ketones (excluding diaryl/α,β-unsaturated/α-hetero) is 1. The lowest BCUT2D eigenvalue weighted by Crippen LogP contribution is -2.34. The standard InChI is InChI=1S/C19H30O3/c1-16(2)21-14-10-6-9-13-18(20)19(3,4)22-15-17-11-7-5-8-12-17/h5,7-8,11-12,16H,6,9-10,13-15H2,1-4H3. The molecule has 1 aromatic carbocycles. The molecule has 0 aliphatic carbocycles. The van der Waals surface area contributed by atoms with E-state index in [4.69, 9.17) is 9.47 Å². The van der Waals surface area contributed by atoms with Crippen LogP contribution in [0.3, 0.4) is 0 Å². The van der Waals surface area contributed by atoms with Crippen molar-refractivity contribution in [3.63, 3.8) is 0 Å². The zero-order valence-electron chi connectivity index (χ0n) is 14.4. The normalized spacial score (nSPS) is 11.9. The lowest BCUT2D eigenvalue weighted by molar-refractivity contribution is -0.142. The van der Waals surface area contributed by atoms with E-state index in [0.717, 1.165) is 31.4 Å². The van der Waals surface area contributed by atoms with Gasteiger partial charge in [-0.3, -0.25) is 4.79 Å². The van der Waals surface area contributed by atoms with E-state index < -0.39 is 5.60 Å². The topological polar surface area (TPSA) is 35.5 Å². The summed E-state index contributed by atoms with van der Waals surface area (Å²) in [6.45, 7) is 9.05. The van der Waals surface area contributed by atoms with Crippen molar-refractivity contribution in [2.45, 2.75) is 71.7 Å². The number of rotatable bonds is 11. The molecule has 22 heavy (non-hydrogen) atoms. The molecular formula is C19H30O3. The van der Waals surface area contributed by atoms with Crippen LogP contribution in [0.4, 0.5) is 0 Å². The van der Waals surface area contributed by atoms with Gasteiger partial charge in [0.25, 0.3) is 0 Å². The third kappa shape index (κ3) is 7.71. The molecule has 0 spiro atoms. The molecule has 0 N–H and O–H groups in total. The van der Waals surface area contributed by atoms with E-state index in [1.165, 1.54) is 0 Å². The van der Waals surface area contributed by atoms with Gasteiger partial charge in [0.05, 0.1) is 12.7 Å². The maximum atomic E-state index is 12.3. The zero-order valence-corrected chi connectivity index (χ0v) is 14.4. The number of hydrogen-bond donors (Lipinski definition) is 0. The molecule has 0 heterocycles. The largest absolute Gasteiger partial charge is 0.379 e. The van der Waals surface area contributed by atoms with Gasteiger partial charge in [-0.05, 0) is 46.1 Å². The van der Waals surface area contributed by atoms with E-state index in [-0.39, 0.29) is 11.9 Å². The van der Waals surface area contributed by atoms with Crippen molar-refractivity contribution in [1.29, 1.82) is 0 Å². The molecule has 0 bridgehead atoms. The van der Waals surface area contributed by atoms with Gasteiger partial charge in [-0.15, -0.1) is 0 Å². The first-order valence-corrected chi connectivity index (χ1v) is 8.24. The highest BCUT2D eigenvalue weighted by Gasteiger charge is 2.27. The van der Waals surface area contributed by atoms with Crippen LogP contribution >= 0.6 is 0 Å². The summed E-state index contributed by atoms with van der Waals surface area (Å²) in [4.78, 5) is 12.3. The molecule has 1 rings (SSSR count). The molecule has 0 saturated carbocycles. The Labute approximate surface area is 135 Å². The van der Waals surface area contributed by atoms with Crippen molar-refractivity contribution in [2.24, 2.45) is 0 Å². The number of carbonyl (C=O) groups is 1. The van der Waals surface area contributed by atoms with Crippen molar-refractivity contribution >= 4 is 5.78 Å². The molecule has 0 atom stereocenters. The fourth-order valence-corrected chi connectivity index (χ4v) is 2.10. The van der Waals surface area contributed by atoms with Gasteiger partial charge in [-0.1, -0.05) is 36.8 Å². The summed E-state index contributed by atoms with van der Waals surface area (Å²) in [7, 11) is 0. The highest BCUT2D eigenvalue weighted by Crippen LogP contribution is 2.18. The quantitative estimate of drug-likeness (QED) is 0.563. The van der Waals surface area contributed by atoms with E-state index in [1.807, 2.05) is 58.0 Å². The molecule has 0 radical (unpaired) electrons. The second kappa shape index (κ2) is 9.75. The molecule has 0 amide bonds. The minimum Gasteiger partial charge on any atom is -0.379 e. The maximum Gasteiger partial charge on any atom is 0.164 e. The average molecular weight is 306 g/mol. The Kier molecular flexibility index (Phi) is 8.36. The first-order valence-electron chi connectivity index (χ1n) is 8.24. The first-order chi connectivity index (χ1) is 10.4. The Morgan fingerprint density at radius 3 is 2.41 bits per heavy atom. The predicted molar refractivity (Wildman–Crippen MR) is 89.9 cm³/mol. The molecule has 0 aliphatic rings. The number of carbonyl (C=O) groups excluding carboxylic acids is 1. The monoisotopic (exact) mass is 306 g/mol. The van der Waals surface area contributed by atoms with Crippen LogP contribution in [-0.2, 0) is 20.9 Å². The Hall–Kier alpha value is -1.19. The Morgan fingerprint density at radius 2 is 1.77 bits per heavy atom. The Balaban J connectivity index is 2.22. The molecular weight excluding hydrogens is 276 g/mol. The summed E-state index contributed by atoms with van der Waals surface area (Å²) in [5.74, 6) is 0.174. The molecule has 0 fully saturated rings. The van der Waals surface area contributed by atoms with Gasteiger partial charge in [-0.2, -0.15) is 0 Å². The molecule has 0 aromatic heterocycles. The summed E-state index contributed by atoms with van der Waals surface area (Å²) in [6, 6.07) is 9.95. The van der Waals surface area contributed by atoms with Crippen LogP contribution in [0.1, 0.15) is 58.9 Å². The molecule has 0 unspecified atom stereocenters. The molecule has 0 saturated heterocycles. The van der Waals surface area contributed by atoms with Crippen LogP contribution in [0.5, 0.6) is 0 Å². The van der Waals surface area contributed by atoms with Crippen molar-refractivity contribution in [1.82, 2.24) is 0 Å². The summed E-state index contributed by atoms with van der Waals surface area (Å²) in [5, 5.41) is 0. The third-order valence-corrected chi connectivity index (χ3v) is 3.61. The summed E-state index contributed by atoms with van der Waals surface area (Å²) >= 11 is 0. The highest BCUT2D eigenvalue weighted by atomic mass is 16.5. The van der Waals surface area contributed by atoms with Gasteiger partial charge in [0.1, 0.15) is 5.60 Å². The molecule has 3 nitrogen and oxygen atoms in total. The lowest BCUT2D eigenvalue weighted by atomic mass is 9.98. The van der Waals surface area contributed by atoms with Crippen LogP contribution < -0.4 is 0 Å². The number of unbranched alkanes of at least 4 members (excludes halogenated alkanes) is 2. The Bertz CT molecular complexity index is 424. The second-order valence-corrected chi connectivity index (χ2v) is 6.44. The number of hydrogen-bond acceptors (Lipinski definition) is 3. The third-order valence-electron chi connectivity index (χ3n) is 3.61. The smallest absolute Gasteiger partial charge is 0.164 e. The molecule has 3 heteroatoms. The predicted octanol–water partition coefficient (Wildman–Crippen LogP) is 4.54. The molecule has 0 aliphatic heterocycles. The average Bonchev–Trinajstić information content (AvgIpc) is 2.49. The fraction of sp³-hybridized carbons (Fsp3) is 0.632. The van der Waals surface area contributed by atoms with Gasteiger partial charge >= 0.3 is 0 Å². The molecule has 1 aromatic rings. The van der Waals surface area contributed by atoms with Gasteiger partial charge in [0.15, 0.2) is 5.78 Å². The van der Waals surface area contributed by atoms with Crippen LogP contribution in [-0.4, -0.2) is 24.1 Å². The Morgan fingerprint density at radius 1 is 1.09 bits per heavy atom. The summed E-state index contributed by atoms with van der Waals surface area (Å²) in [6.07, 6.45) is 3.79. The van der Waals surface area contributed by atoms with Crippen molar-refractivity contribution in [2.75, 3.05) is 6.61 Å². The van der Waals surface area contributed by atoms with E-state index in [1.54, 1.807) is 0 Å². The minimum absolute atomic E-state index is 0.174. The van der Waals surface area contributed by atoms with Crippen LogP contribution in [0.2, 0.25) is 0 Å². The fourth-order valence-electron chi connectivity index (χ4n) is 2.10.